The van der Waals surface area contributed by atoms with Gasteiger partial charge in [0.05, 0.1) is 5.69 Å². The lowest BCUT2D eigenvalue weighted by Crippen LogP contribution is -2.20. The van der Waals surface area contributed by atoms with E-state index in [9.17, 15) is 9.59 Å². The number of amides is 2. The Morgan fingerprint density at radius 3 is 2.40 bits per heavy atom. The number of aromatic nitrogens is 4. The number of H-pyrrole nitrogens is 1. The van der Waals surface area contributed by atoms with E-state index >= 15 is 0 Å². The third-order valence-corrected chi connectivity index (χ3v) is 4.34. The van der Waals surface area contributed by atoms with Gasteiger partial charge in [-0.3, -0.25) is 24.9 Å². The lowest BCUT2D eigenvalue weighted by Gasteiger charge is -2.10. The van der Waals surface area contributed by atoms with Crippen LogP contribution >= 0.6 is 0 Å². The minimum atomic E-state index is -0.721. The lowest BCUT2D eigenvalue weighted by molar-refractivity contribution is 0.0706. The number of hydrogen-bond acceptors (Lipinski definition) is 6. The van der Waals surface area contributed by atoms with Crippen molar-refractivity contribution in [2.75, 3.05) is 5.32 Å². The maximum Gasteiger partial charge on any atom is 0.277 e. The Morgan fingerprint density at radius 1 is 0.933 bits per heavy atom. The number of hydrogen-bond donors (Lipinski definition) is 4. The molecule has 0 aliphatic rings. The Labute approximate surface area is 170 Å². The molecular weight excluding hydrogens is 384 g/mol. The molecule has 0 radical (unpaired) electrons. The van der Waals surface area contributed by atoms with Crippen LogP contribution in [0.3, 0.4) is 0 Å². The summed E-state index contributed by atoms with van der Waals surface area (Å²) in [7, 11) is 0. The molecule has 0 bridgehead atoms. The summed E-state index contributed by atoms with van der Waals surface area (Å²) in [6.07, 6.45) is 4.99. The number of carbonyl (C=O) groups is 2. The van der Waals surface area contributed by atoms with Gasteiger partial charge in [0.25, 0.3) is 11.8 Å². The number of carbonyl (C=O) groups excluding carboxylic acids is 2. The smallest absolute Gasteiger partial charge is 0.277 e. The highest BCUT2D eigenvalue weighted by Crippen LogP contribution is 2.25. The highest BCUT2D eigenvalue weighted by atomic mass is 16.5. The Balaban J connectivity index is 1.68. The summed E-state index contributed by atoms with van der Waals surface area (Å²) in [5.74, 6) is -1.06. The average molecular weight is 400 g/mol. The number of anilines is 1. The van der Waals surface area contributed by atoms with Gasteiger partial charge in [-0.15, -0.1) is 0 Å². The van der Waals surface area contributed by atoms with Gasteiger partial charge in [0.2, 0.25) is 0 Å². The van der Waals surface area contributed by atoms with Crippen LogP contribution in [-0.4, -0.2) is 37.2 Å². The lowest BCUT2D eigenvalue weighted by atomic mass is 10.0. The van der Waals surface area contributed by atoms with Gasteiger partial charge < -0.3 is 5.32 Å². The zero-order chi connectivity index (χ0) is 20.9. The van der Waals surface area contributed by atoms with Crippen molar-refractivity contribution in [2.24, 2.45) is 0 Å². The summed E-state index contributed by atoms with van der Waals surface area (Å²) in [6, 6.07) is 15.7. The van der Waals surface area contributed by atoms with Crippen LogP contribution in [0, 0.1) is 0 Å². The van der Waals surface area contributed by atoms with Crippen LogP contribution in [0.15, 0.2) is 73.2 Å². The molecule has 4 rings (SSSR count). The molecule has 0 saturated carbocycles. The van der Waals surface area contributed by atoms with E-state index in [-0.39, 0.29) is 17.1 Å². The number of nitrogens with one attached hydrogen (secondary N) is 3. The van der Waals surface area contributed by atoms with Crippen LogP contribution in [0.25, 0.3) is 22.4 Å². The first-order valence-electron chi connectivity index (χ1n) is 8.92. The van der Waals surface area contributed by atoms with Crippen LogP contribution < -0.4 is 10.8 Å². The number of aromatic amines is 1. The number of pyridine rings is 2. The molecule has 9 heteroatoms. The monoisotopic (exact) mass is 400 g/mol. The van der Waals surface area contributed by atoms with Crippen molar-refractivity contribution >= 4 is 17.6 Å². The Hall–Kier alpha value is -4.37. The van der Waals surface area contributed by atoms with Crippen molar-refractivity contribution in [2.45, 2.75) is 0 Å². The fourth-order valence-electron chi connectivity index (χ4n) is 2.87. The fourth-order valence-corrected chi connectivity index (χ4v) is 2.87. The molecule has 2 amide bonds. The fraction of sp³-hybridized carbons (Fsp3) is 0. The molecule has 0 aliphatic carbocycles. The standard InChI is InChI=1S/C21H16N6O3/c28-20(27-30)16-10-18(24-19(11-16)25-21(29)17-7-9-23-26-17)14-5-3-13(4-6-14)15-2-1-8-22-12-15/h1-12,30H,(H,23,26)(H,27,28)(H,24,25,29). The largest absolute Gasteiger partial charge is 0.305 e. The molecule has 0 aliphatic heterocycles. The summed E-state index contributed by atoms with van der Waals surface area (Å²) in [5, 5.41) is 18.0. The normalized spacial score (nSPS) is 10.4. The molecule has 3 heterocycles. The second-order valence-corrected chi connectivity index (χ2v) is 6.30. The summed E-state index contributed by atoms with van der Waals surface area (Å²) >= 11 is 0. The van der Waals surface area contributed by atoms with Gasteiger partial charge in [-0.1, -0.05) is 30.3 Å². The molecule has 4 N–H and O–H groups in total. The maximum atomic E-state index is 12.3. The molecule has 3 aromatic heterocycles. The minimum absolute atomic E-state index is 0.135. The van der Waals surface area contributed by atoms with Crippen LogP contribution in [-0.2, 0) is 0 Å². The van der Waals surface area contributed by atoms with E-state index in [1.165, 1.54) is 24.4 Å². The SMILES string of the molecule is O=C(NO)c1cc(NC(=O)c2cc[nH]n2)nc(-c2ccc(-c3cccnc3)cc2)c1. The van der Waals surface area contributed by atoms with Gasteiger partial charge in [-0.05, 0) is 35.4 Å². The number of hydroxylamine groups is 1. The third-order valence-electron chi connectivity index (χ3n) is 4.34. The predicted octanol–water partition coefficient (Wildman–Crippen LogP) is 2.91. The van der Waals surface area contributed by atoms with Gasteiger partial charge in [0.15, 0.2) is 0 Å². The Kier molecular flexibility index (Phi) is 5.27. The number of rotatable bonds is 5. The summed E-state index contributed by atoms with van der Waals surface area (Å²) in [4.78, 5) is 32.8. The second kappa shape index (κ2) is 8.33. The molecule has 9 nitrogen and oxygen atoms in total. The molecule has 0 atom stereocenters. The highest BCUT2D eigenvalue weighted by Gasteiger charge is 2.14. The van der Waals surface area contributed by atoms with Gasteiger partial charge >= 0.3 is 0 Å². The zero-order valence-electron chi connectivity index (χ0n) is 15.5. The molecule has 0 fully saturated rings. The summed E-state index contributed by atoms with van der Waals surface area (Å²) in [6.45, 7) is 0. The third kappa shape index (κ3) is 4.05. The molecular formula is C21H16N6O3. The summed E-state index contributed by atoms with van der Waals surface area (Å²) < 4.78 is 0. The molecule has 1 aromatic carbocycles. The molecule has 0 spiro atoms. The van der Waals surface area contributed by atoms with E-state index in [1.54, 1.807) is 17.9 Å². The van der Waals surface area contributed by atoms with Crippen LogP contribution in [0.1, 0.15) is 20.8 Å². The topological polar surface area (TPSA) is 133 Å². The summed E-state index contributed by atoms with van der Waals surface area (Å²) in [5.41, 5.74) is 5.03. The Bertz CT molecular complexity index is 1180. The Morgan fingerprint density at radius 2 is 1.73 bits per heavy atom. The number of benzene rings is 1. The first-order chi connectivity index (χ1) is 14.6. The van der Waals surface area contributed by atoms with Crippen molar-refractivity contribution in [1.29, 1.82) is 0 Å². The second-order valence-electron chi connectivity index (χ2n) is 6.30. The number of nitrogens with zero attached hydrogens (tertiary/aromatic N) is 3. The van der Waals surface area contributed by atoms with Crippen molar-refractivity contribution in [3.8, 4) is 22.4 Å². The van der Waals surface area contributed by atoms with E-state index < -0.39 is 11.8 Å². The van der Waals surface area contributed by atoms with Gasteiger partial charge in [0.1, 0.15) is 11.5 Å². The van der Waals surface area contributed by atoms with Gasteiger partial charge in [-0.25, -0.2) is 10.5 Å². The van der Waals surface area contributed by atoms with Gasteiger partial charge in [0, 0.05) is 29.7 Å². The van der Waals surface area contributed by atoms with E-state index in [0.717, 1.165) is 16.7 Å². The van der Waals surface area contributed by atoms with Crippen molar-refractivity contribution in [3.63, 3.8) is 0 Å². The van der Waals surface area contributed by atoms with Crippen LogP contribution in [0.4, 0.5) is 5.82 Å². The van der Waals surface area contributed by atoms with Crippen LogP contribution in [0.5, 0.6) is 0 Å². The average Bonchev–Trinajstić information content (AvgIpc) is 3.34. The van der Waals surface area contributed by atoms with E-state index in [2.05, 4.69) is 25.5 Å². The van der Waals surface area contributed by atoms with E-state index in [0.29, 0.717) is 5.69 Å². The van der Waals surface area contributed by atoms with Crippen LogP contribution in [0.2, 0.25) is 0 Å². The van der Waals surface area contributed by atoms with Gasteiger partial charge in [-0.2, -0.15) is 5.10 Å². The highest BCUT2D eigenvalue weighted by molar-refractivity contribution is 6.03. The molecule has 0 unspecified atom stereocenters. The van der Waals surface area contributed by atoms with E-state index in [1.807, 2.05) is 36.4 Å². The quantitative estimate of drug-likeness (QED) is 0.301. The van der Waals surface area contributed by atoms with Crippen molar-refractivity contribution < 1.29 is 14.8 Å². The van der Waals surface area contributed by atoms with Crippen molar-refractivity contribution in [3.05, 3.63) is 84.4 Å². The molecule has 148 valence electrons. The molecule has 0 saturated heterocycles. The first kappa shape index (κ1) is 19.0. The first-order valence-corrected chi connectivity index (χ1v) is 8.92. The molecule has 30 heavy (non-hydrogen) atoms. The predicted molar refractivity (Wildman–Crippen MR) is 109 cm³/mol. The molecule has 4 aromatic rings. The van der Waals surface area contributed by atoms with E-state index in [4.69, 9.17) is 5.21 Å². The minimum Gasteiger partial charge on any atom is -0.305 e. The van der Waals surface area contributed by atoms with Crippen molar-refractivity contribution in [1.82, 2.24) is 25.6 Å². The zero-order valence-corrected chi connectivity index (χ0v) is 15.5. The maximum absolute atomic E-state index is 12.3.